The Morgan fingerprint density at radius 1 is 1.47 bits per heavy atom. The van der Waals surface area contributed by atoms with Crippen LogP contribution in [0.25, 0.3) is 0 Å². The Morgan fingerprint density at radius 2 is 2.29 bits per heavy atom. The van der Waals surface area contributed by atoms with Gasteiger partial charge in [-0.1, -0.05) is 0 Å². The number of thiophene rings is 1. The first kappa shape index (κ1) is 12.1. The van der Waals surface area contributed by atoms with Crippen molar-refractivity contribution in [3.63, 3.8) is 0 Å². The van der Waals surface area contributed by atoms with E-state index in [1.165, 1.54) is 11.3 Å². The lowest BCUT2D eigenvalue weighted by molar-refractivity contribution is 0.103. The minimum Gasteiger partial charge on any atom is -0.481 e. The molecule has 0 saturated heterocycles. The molecule has 0 saturated carbocycles. The largest absolute Gasteiger partial charge is 0.481 e. The van der Waals surface area contributed by atoms with E-state index in [1.807, 2.05) is 11.4 Å². The number of anilines is 1. The maximum atomic E-state index is 11.9. The molecule has 1 amide bonds. The molecule has 0 aromatic carbocycles. The maximum Gasteiger partial charge on any atom is 0.266 e. The van der Waals surface area contributed by atoms with Crippen molar-refractivity contribution in [3.05, 3.63) is 39.1 Å². The molecule has 2 heterocycles. The highest BCUT2D eigenvalue weighted by molar-refractivity contribution is 9.10. The van der Waals surface area contributed by atoms with Crippen LogP contribution in [-0.4, -0.2) is 18.0 Å². The number of rotatable bonds is 3. The molecule has 2 aromatic heterocycles. The minimum atomic E-state index is -0.154. The van der Waals surface area contributed by atoms with Crippen LogP contribution in [0.4, 0.5) is 5.69 Å². The zero-order valence-corrected chi connectivity index (χ0v) is 11.3. The van der Waals surface area contributed by atoms with E-state index >= 15 is 0 Å². The second-order valence-electron chi connectivity index (χ2n) is 3.14. The first-order valence-electron chi connectivity index (χ1n) is 4.75. The van der Waals surface area contributed by atoms with Gasteiger partial charge >= 0.3 is 0 Å². The van der Waals surface area contributed by atoms with Gasteiger partial charge in [0.15, 0.2) is 0 Å². The Hall–Kier alpha value is -1.40. The van der Waals surface area contributed by atoms with Crippen LogP contribution >= 0.6 is 27.3 Å². The third kappa shape index (κ3) is 2.83. The van der Waals surface area contributed by atoms with E-state index in [0.717, 1.165) is 4.47 Å². The number of methoxy groups -OCH3 is 1. The number of nitrogens with one attached hydrogen (secondary N) is 1. The van der Waals surface area contributed by atoms with Crippen LogP contribution in [0.5, 0.6) is 5.88 Å². The number of carbonyl (C=O) groups is 1. The van der Waals surface area contributed by atoms with Crippen LogP contribution in [0.1, 0.15) is 9.67 Å². The Balaban J connectivity index is 2.10. The quantitative estimate of drug-likeness (QED) is 0.947. The Bertz CT molecular complexity index is 525. The number of nitrogens with zero attached hydrogens (tertiary/aromatic N) is 1. The van der Waals surface area contributed by atoms with E-state index < -0.39 is 0 Å². The monoisotopic (exact) mass is 312 g/mol. The second kappa shape index (κ2) is 5.29. The molecule has 88 valence electrons. The molecular weight excluding hydrogens is 304 g/mol. The van der Waals surface area contributed by atoms with Gasteiger partial charge in [-0.25, -0.2) is 4.98 Å². The first-order valence-corrected chi connectivity index (χ1v) is 6.42. The molecule has 0 atom stereocenters. The van der Waals surface area contributed by atoms with Gasteiger partial charge in [0.25, 0.3) is 5.91 Å². The predicted molar refractivity (Wildman–Crippen MR) is 70.8 cm³/mol. The van der Waals surface area contributed by atoms with Crippen molar-refractivity contribution >= 4 is 38.9 Å². The van der Waals surface area contributed by atoms with Crippen LogP contribution < -0.4 is 10.1 Å². The summed E-state index contributed by atoms with van der Waals surface area (Å²) in [6.45, 7) is 0. The third-order valence-electron chi connectivity index (χ3n) is 2.03. The molecule has 0 radical (unpaired) electrons. The lowest BCUT2D eigenvalue weighted by atomic mass is 10.4. The number of aromatic nitrogens is 1. The fraction of sp³-hybridized carbons (Fsp3) is 0.0909. The van der Waals surface area contributed by atoms with Crippen molar-refractivity contribution in [2.75, 3.05) is 12.4 Å². The van der Waals surface area contributed by atoms with Gasteiger partial charge in [0.2, 0.25) is 5.88 Å². The molecule has 0 aliphatic rings. The summed E-state index contributed by atoms with van der Waals surface area (Å²) in [5.74, 6) is 0.360. The SMILES string of the molecule is COc1ccc(NC(=O)c2sccc2Br)cn1. The highest BCUT2D eigenvalue weighted by Gasteiger charge is 2.11. The van der Waals surface area contributed by atoms with Crippen molar-refractivity contribution in [3.8, 4) is 5.88 Å². The van der Waals surface area contributed by atoms with Crippen molar-refractivity contribution in [1.82, 2.24) is 4.98 Å². The number of ether oxygens (including phenoxy) is 1. The standard InChI is InChI=1S/C11H9BrN2O2S/c1-16-9-3-2-7(6-13-9)14-11(15)10-8(12)4-5-17-10/h2-6H,1H3,(H,14,15). The molecule has 2 aromatic rings. The molecule has 17 heavy (non-hydrogen) atoms. The van der Waals surface area contributed by atoms with E-state index in [1.54, 1.807) is 25.4 Å². The Labute approximate surface area is 111 Å². The van der Waals surface area contributed by atoms with E-state index in [9.17, 15) is 4.79 Å². The number of hydrogen-bond donors (Lipinski definition) is 1. The van der Waals surface area contributed by atoms with Gasteiger partial charge in [0.1, 0.15) is 4.88 Å². The highest BCUT2D eigenvalue weighted by Crippen LogP contribution is 2.23. The zero-order valence-electron chi connectivity index (χ0n) is 8.94. The van der Waals surface area contributed by atoms with E-state index in [0.29, 0.717) is 16.4 Å². The molecule has 0 fully saturated rings. The molecule has 0 bridgehead atoms. The lowest BCUT2D eigenvalue weighted by Crippen LogP contribution is -2.10. The maximum absolute atomic E-state index is 11.9. The zero-order chi connectivity index (χ0) is 12.3. The second-order valence-corrected chi connectivity index (χ2v) is 4.91. The van der Waals surface area contributed by atoms with Crippen LogP contribution in [0.3, 0.4) is 0 Å². The topological polar surface area (TPSA) is 51.2 Å². The molecule has 1 N–H and O–H groups in total. The minimum absolute atomic E-state index is 0.154. The molecule has 0 unspecified atom stereocenters. The van der Waals surface area contributed by atoms with Crippen molar-refractivity contribution in [2.45, 2.75) is 0 Å². The van der Waals surface area contributed by atoms with Gasteiger partial charge in [-0.3, -0.25) is 4.79 Å². The van der Waals surface area contributed by atoms with E-state index in [2.05, 4.69) is 26.2 Å². The molecule has 0 spiro atoms. The number of pyridine rings is 1. The highest BCUT2D eigenvalue weighted by atomic mass is 79.9. The van der Waals surface area contributed by atoms with Crippen molar-refractivity contribution < 1.29 is 9.53 Å². The van der Waals surface area contributed by atoms with Gasteiger partial charge < -0.3 is 10.1 Å². The first-order chi connectivity index (χ1) is 8.20. The van der Waals surface area contributed by atoms with Crippen molar-refractivity contribution in [1.29, 1.82) is 0 Å². The molecule has 6 heteroatoms. The third-order valence-corrected chi connectivity index (χ3v) is 3.86. The average Bonchev–Trinajstić information content (AvgIpc) is 2.76. The van der Waals surface area contributed by atoms with Crippen LogP contribution in [0.15, 0.2) is 34.2 Å². The average molecular weight is 313 g/mol. The number of amides is 1. The van der Waals surface area contributed by atoms with Gasteiger partial charge in [0.05, 0.1) is 19.0 Å². The summed E-state index contributed by atoms with van der Waals surface area (Å²) in [6.07, 6.45) is 1.55. The Kier molecular flexibility index (Phi) is 3.75. The summed E-state index contributed by atoms with van der Waals surface area (Å²) in [7, 11) is 1.54. The molecular formula is C11H9BrN2O2S. The molecule has 0 aliphatic heterocycles. The van der Waals surface area contributed by atoms with Gasteiger partial charge in [-0.05, 0) is 33.4 Å². The summed E-state index contributed by atoms with van der Waals surface area (Å²) >= 11 is 4.70. The molecule has 2 rings (SSSR count). The predicted octanol–water partition coefficient (Wildman–Crippen LogP) is 3.17. The summed E-state index contributed by atoms with van der Waals surface area (Å²) in [4.78, 5) is 16.5. The fourth-order valence-electron chi connectivity index (χ4n) is 1.22. The van der Waals surface area contributed by atoms with Crippen LogP contribution in [-0.2, 0) is 0 Å². The number of carbonyl (C=O) groups excluding carboxylic acids is 1. The number of hydrogen-bond acceptors (Lipinski definition) is 4. The summed E-state index contributed by atoms with van der Waals surface area (Å²) < 4.78 is 5.73. The molecule has 0 aliphatic carbocycles. The lowest BCUT2D eigenvalue weighted by Gasteiger charge is -2.04. The number of halogens is 1. The van der Waals surface area contributed by atoms with Gasteiger partial charge in [0, 0.05) is 10.5 Å². The van der Waals surface area contributed by atoms with E-state index in [4.69, 9.17) is 4.74 Å². The van der Waals surface area contributed by atoms with E-state index in [-0.39, 0.29) is 5.91 Å². The van der Waals surface area contributed by atoms with Gasteiger partial charge in [-0.15, -0.1) is 11.3 Å². The normalized spacial score (nSPS) is 10.0. The smallest absolute Gasteiger partial charge is 0.266 e. The van der Waals surface area contributed by atoms with Crippen LogP contribution in [0, 0.1) is 0 Å². The summed E-state index contributed by atoms with van der Waals surface area (Å²) in [5.41, 5.74) is 0.635. The van der Waals surface area contributed by atoms with Gasteiger partial charge in [-0.2, -0.15) is 0 Å². The summed E-state index contributed by atoms with van der Waals surface area (Å²) in [5, 5.41) is 4.61. The molecule has 4 nitrogen and oxygen atoms in total. The Morgan fingerprint density at radius 3 is 2.82 bits per heavy atom. The fourth-order valence-corrected chi connectivity index (χ4v) is 2.67. The van der Waals surface area contributed by atoms with Crippen molar-refractivity contribution in [2.24, 2.45) is 0 Å². The summed E-state index contributed by atoms with van der Waals surface area (Å²) in [6, 6.07) is 5.27. The van der Waals surface area contributed by atoms with Crippen LogP contribution in [0.2, 0.25) is 0 Å².